The quantitative estimate of drug-likeness (QED) is 0.740. The highest BCUT2D eigenvalue weighted by Crippen LogP contribution is 2.29. The van der Waals surface area contributed by atoms with Gasteiger partial charge in [0.25, 0.3) is 5.89 Å². The molecule has 0 saturated carbocycles. The molecule has 0 amide bonds. The zero-order valence-corrected chi connectivity index (χ0v) is 13.2. The number of thiophene rings is 1. The summed E-state index contributed by atoms with van der Waals surface area (Å²) in [7, 11) is 1.92. The van der Waals surface area contributed by atoms with E-state index in [4.69, 9.17) is 4.42 Å². The second-order valence-electron chi connectivity index (χ2n) is 5.64. The van der Waals surface area contributed by atoms with Crippen LogP contribution in [0.5, 0.6) is 0 Å². The summed E-state index contributed by atoms with van der Waals surface area (Å²) >= 11 is 1.81. The van der Waals surface area contributed by atoms with Crippen LogP contribution < -0.4 is 0 Å². The molecule has 0 aliphatic carbocycles. The van der Waals surface area contributed by atoms with Crippen molar-refractivity contribution >= 4 is 11.3 Å². The monoisotopic (exact) mass is 315 g/mol. The van der Waals surface area contributed by atoms with E-state index in [9.17, 15) is 0 Å². The van der Waals surface area contributed by atoms with Gasteiger partial charge in [0.15, 0.2) is 0 Å². The third-order valence-corrected chi connectivity index (χ3v) is 4.92. The Hall–Kier alpha value is -1.99. The first-order chi connectivity index (χ1) is 10.8. The van der Waals surface area contributed by atoms with E-state index < -0.39 is 0 Å². The molecule has 1 atom stereocenters. The first-order valence-corrected chi connectivity index (χ1v) is 8.22. The van der Waals surface area contributed by atoms with E-state index >= 15 is 0 Å². The lowest BCUT2D eigenvalue weighted by atomic mass is 10.1. The van der Waals surface area contributed by atoms with Crippen LogP contribution in [-0.4, -0.2) is 37.7 Å². The first kappa shape index (κ1) is 13.7. The van der Waals surface area contributed by atoms with Gasteiger partial charge in [0, 0.05) is 25.0 Å². The number of hydrogen-bond acceptors (Lipinski definition) is 6. The van der Waals surface area contributed by atoms with Crippen LogP contribution in [0, 0.1) is 0 Å². The zero-order chi connectivity index (χ0) is 14.9. The van der Waals surface area contributed by atoms with Gasteiger partial charge in [-0.2, -0.15) is 0 Å². The molecule has 4 rings (SSSR count). The summed E-state index contributed by atoms with van der Waals surface area (Å²) in [6.45, 7) is 3.06. The normalized spacial score (nSPS) is 19.0. The fourth-order valence-corrected chi connectivity index (χ4v) is 3.61. The van der Waals surface area contributed by atoms with Crippen molar-refractivity contribution < 1.29 is 4.42 Å². The van der Waals surface area contributed by atoms with Crippen molar-refractivity contribution in [1.82, 2.24) is 24.6 Å². The maximum Gasteiger partial charge on any atom is 0.265 e. The Kier molecular flexibility index (Phi) is 3.51. The Bertz CT molecular complexity index is 748. The van der Waals surface area contributed by atoms with Gasteiger partial charge in [-0.25, -0.2) is 4.98 Å². The summed E-state index contributed by atoms with van der Waals surface area (Å²) < 4.78 is 7.75. The number of rotatable bonds is 4. The van der Waals surface area contributed by atoms with Gasteiger partial charge in [-0.15, -0.1) is 21.5 Å². The molecule has 0 spiro atoms. The molecule has 1 saturated heterocycles. The molecule has 7 heteroatoms. The first-order valence-electron chi connectivity index (χ1n) is 7.34. The Morgan fingerprint density at radius 2 is 2.36 bits per heavy atom. The Morgan fingerprint density at radius 3 is 3.14 bits per heavy atom. The van der Waals surface area contributed by atoms with Crippen molar-refractivity contribution in [3.8, 4) is 11.6 Å². The molecule has 22 heavy (non-hydrogen) atoms. The Balaban J connectivity index is 1.45. The summed E-state index contributed by atoms with van der Waals surface area (Å²) in [6.07, 6.45) is 4.55. The van der Waals surface area contributed by atoms with Crippen LogP contribution in [-0.2, 0) is 13.6 Å². The maximum absolute atomic E-state index is 5.87. The fraction of sp³-hybridized carbons (Fsp3) is 0.400. The van der Waals surface area contributed by atoms with Crippen LogP contribution in [0.15, 0.2) is 34.5 Å². The lowest BCUT2D eigenvalue weighted by molar-refractivity contribution is 0.323. The van der Waals surface area contributed by atoms with Crippen LogP contribution in [0.2, 0.25) is 0 Å². The molecule has 114 valence electrons. The number of hydrogen-bond donors (Lipinski definition) is 0. The van der Waals surface area contributed by atoms with Gasteiger partial charge in [0.05, 0.1) is 18.4 Å². The maximum atomic E-state index is 5.87. The second-order valence-corrected chi connectivity index (χ2v) is 6.67. The number of imidazole rings is 1. The molecule has 0 radical (unpaired) electrons. The SMILES string of the molecule is Cn1cncc1-c1nnc([C@H]2CCN(Cc3cccs3)C2)o1. The lowest BCUT2D eigenvalue weighted by Gasteiger charge is -2.13. The zero-order valence-electron chi connectivity index (χ0n) is 12.3. The lowest BCUT2D eigenvalue weighted by Crippen LogP contribution is -2.19. The molecule has 1 aliphatic heterocycles. The van der Waals surface area contributed by atoms with E-state index in [1.807, 2.05) is 23.0 Å². The third-order valence-electron chi connectivity index (χ3n) is 4.06. The minimum Gasteiger partial charge on any atom is -0.419 e. The highest BCUT2D eigenvalue weighted by Gasteiger charge is 2.28. The number of nitrogens with zero attached hydrogens (tertiary/aromatic N) is 5. The molecule has 3 aromatic heterocycles. The van der Waals surface area contributed by atoms with Crippen molar-refractivity contribution in [3.63, 3.8) is 0 Å². The third kappa shape index (κ3) is 2.57. The molecule has 3 aromatic rings. The van der Waals surface area contributed by atoms with E-state index in [1.165, 1.54) is 4.88 Å². The van der Waals surface area contributed by atoms with Crippen LogP contribution in [0.4, 0.5) is 0 Å². The molecule has 0 N–H and O–H groups in total. The molecule has 1 aliphatic rings. The largest absolute Gasteiger partial charge is 0.419 e. The minimum atomic E-state index is 0.328. The van der Waals surface area contributed by atoms with Gasteiger partial charge in [-0.3, -0.25) is 4.90 Å². The van der Waals surface area contributed by atoms with E-state index in [1.54, 1.807) is 12.5 Å². The summed E-state index contributed by atoms with van der Waals surface area (Å²) in [5.41, 5.74) is 0.854. The van der Waals surface area contributed by atoms with Crippen LogP contribution in [0.1, 0.15) is 23.1 Å². The molecular formula is C15H17N5OS. The second kappa shape index (κ2) is 5.66. The van der Waals surface area contributed by atoms with Gasteiger partial charge in [-0.05, 0) is 24.4 Å². The van der Waals surface area contributed by atoms with Crippen molar-refractivity contribution in [1.29, 1.82) is 0 Å². The average molecular weight is 315 g/mol. The van der Waals surface area contributed by atoms with Gasteiger partial charge in [-0.1, -0.05) is 6.07 Å². The molecule has 4 heterocycles. The van der Waals surface area contributed by atoms with Gasteiger partial charge < -0.3 is 8.98 Å². The Labute approximate surface area is 132 Å². The standard InChI is InChI=1S/C15H17N5OS/c1-19-10-16-7-13(19)15-18-17-14(21-15)11-4-5-20(8-11)9-12-3-2-6-22-12/h2-3,6-7,10-11H,4-5,8-9H2,1H3/t11-/m0/s1. The average Bonchev–Trinajstić information content (AvgIpc) is 3.25. The van der Waals surface area contributed by atoms with E-state index in [-0.39, 0.29) is 0 Å². The van der Waals surface area contributed by atoms with Gasteiger partial charge >= 0.3 is 0 Å². The highest BCUT2D eigenvalue weighted by atomic mass is 32.1. The molecular weight excluding hydrogens is 298 g/mol. The minimum absolute atomic E-state index is 0.328. The molecule has 6 nitrogen and oxygen atoms in total. The van der Waals surface area contributed by atoms with E-state index in [0.29, 0.717) is 11.8 Å². The summed E-state index contributed by atoms with van der Waals surface area (Å²) in [5, 5.41) is 10.5. The molecule has 1 fully saturated rings. The predicted molar refractivity (Wildman–Crippen MR) is 83.5 cm³/mol. The van der Waals surface area contributed by atoms with Crippen LogP contribution >= 0.6 is 11.3 Å². The molecule has 0 aromatic carbocycles. The number of likely N-dealkylation sites (tertiary alicyclic amines) is 1. The number of aryl methyl sites for hydroxylation is 1. The summed E-state index contributed by atoms with van der Waals surface area (Å²) in [5.74, 6) is 1.62. The van der Waals surface area contributed by atoms with E-state index in [2.05, 4.69) is 37.6 Å². The van der Waals surface area contributed by atoms with Gasteiger partial charge in [0.1, 0.15) is 5.69 Å². The number of aromatic nitrogens is 4. The predicted octanol–water partition coefficient (Wildman–Crippen LogP) is 2.52. The van der Waals surface area contributed by atoms with Crippen molar-refractivity contribution in [2.45, 2.75) is 18.9 Å². The topological polar surface area (TPSA) is 60.0 Å². The van der Waals surface area contributed by atoms with Crippen LogP contribution in [0.3, 0.4) is 0 Å². The summed E-state index contributed by atoms with van der Waals surface area (Å²) in [4.78, 5) is 7.94. The smallest absolute Gasteiger partial charge is 0.265 e. The van der Waals surface area contributed by atoms with Gasteiger partial charge in [0.2, 0.25) is 5.89 Å². The molecule has 0 unspecified atom stereocenters. The Morgan fingerprint density at radius 1 is 1.41 bits per heavy atom. The summed E-state index contributed by atoms with van der Waals surface area (Å²) in [6, 6.07) is 4.29. The molecule has 0 bridgehead atoms. The van der Waals surface area contributed by atoms with Crippen molar-refractivity contribution in [2.75, 3.05) is 13.1 Å². The fourth-order valence-electron chi connectivity index (χ4n) is 2.87. The van der Waals surface area contributed by atoms with Crippen LogP contribution in [0.25, 0.3) is 11.6 Å². The van der Waals surface area contributed by atoms with Crippen molar-refractivity contribution in [2.24, 2.45) is 7.05 Å². The van der Waals surface area contributed by atoms with Crippen molar-refractivity contribution in [3.05, 3.63) is 40.8 Å². The van der Waals surface area contributed by atoms with E-state index in [0.717, 1.165) is 37.6 Å². The highest BCUT2D eigenvalue weighted by molar-refractivity contribution is 7.09.